The Morgan fingerprint density at radius 2 is 0.673 bits per heavy atom. The van der Waals surface area contributed by atoms with Gasteiger partial charge in [0.05, 0.1) is 56.4 Å². The van der Waals surface area contributed by atoms with Crippen LogP contribution in [0, 0.1) is 22.7 Å². The van der Waals surface area contributed by atoms with Gasteiger partial charge in [-0.05, 0) is 96.1 Å². The molecule has 11 aromatic rings. The number of hydrogen-bond donors (Lipinski definition) is 0. The molecule has 254 valence electrons. The first-order valence-corrected chi connectivity index (χ1v) is 18.3. The Morgan fingerprint density at radius 1 is 0.309 bits per heavy atom. The van der Waals surface area contributed by atoms with Crippen molar-refractivity contribution in [3.63, 3.8) is 0 Å². The Bertz CT molecular complexity index is 3400. The van der Waals surface area contributed by atoms with E-state index >= 15 is 0 Å². The fourth-order valence-electron chi connectivity index (χ4n) is 8.80. The van der Waals surface area contributed by atoms with Crippen LogP contribution in [-0.4, -0.2) is 13.7 Å². The molecule has 0 amide bonds. The first-order valence-electron chi connectivity index (χ1n) is 18.3. The molecule has 0 aliphatic heterocycles. The third-order valence-corrected chi connectivity index (χ3v) is 11.0. The Kier molecular flexibility index (Phi) is 6.61. The van der Waals surface area contributed by atoms with Gasteiger partial charge in [-0.3, -0.25) is 0 Å². The summed E-state index contributed by atoms with van der Waals surface area (Å²) >= 11 is 0. The van der Waals surface area contributed by atoms with E-state index in [9.17, 15) is 10.5 Å². The Hall–Kier alpha value is -7.86. The molecule has 5 heteroatoms. The number of nitriles is 2. The first-order chi connectivity index (χ1) is 27.2. The molecule has 0 spiro atoms. The zero-order chi connectivity index (χ0) is 36.6. The van der Waals surface area contributed by atoms with Gasteiger partial charge >= 0.3 is 0 Å². The molecule has 0 aliphatic carbocycles. The SMILES string of the molecule is N#Cc1cc(-c2cc(C#N)cc(-n3c4ccccc4c4c5c6ccccc6n(-c6ccccc6)c5ccc43)c2)cc(-n2c3ccccc3c3ccccc32)c1. The molecule has 3 heterocycles. The minimum Gasteiger partial charge on any atom is -0.309 e. The van der Waals surface area contributed by atoms with Crippen LogP contribution in [0.15, 0.2) is 176 Å². The smallest absolute Gasteiger partial charge is 0.0992 e. The molecular weight excluding hydrogens is 671 g/mol. The van der Waals surface area contributed by atoms with Gasteiger partial charge in [-0.2, -0.15) is 10.5 Å². The van der Waals surface area contributed by atoms with E-state index in [1.54, 1.807) is 0 Å². The van der Waals surface area contributed by atoms with Gasteiger partial charge in [0.1, 0.15) is 0 Å². The second-order valence-corrected chi connectivity index (χ2v) is 14.0. The highest BCUT2D eigenvalue weighted by Crippen LogP contribution is 2.43. The molecule has 0 atom stereocenters. The highest BCUT2D eigenvalue weighted by Gasteiger charge is 2.21. The molecule has 0 unspecified atom stereocenters. The van der Waals surface area contributed by atoms with Crippen molar-refractivity contribution in [1.29, 1.82) is 10.5 Å². The van der Waals surface area contributed by atoms with E-state index in [2.05, 4.69) is 165 Å². The van der Waals surface area contributed by atoms with Gasteiger partial charge in [-0.15, -0.1) is 0 Å². The molecule has 0 aliphatic rings. The van der Waals surface area contributed by atoms with Crippen LogP contribution in [0.2, 0.25) is 0 Å². The number of benzene rings is 8. The molecule has 3 aromatic heterocycles. The summed E-state index contributed by atoms with van der Waals surface area (Å²) in [5.74, 6) is 0. The Balaban J connectivity index is 1.18. The lowest BCUT2D eigenvalue weighted by molar-refractivity contribution is 1.17. The van der Waals surface area contributed by atoms with Crippen LogP contribution in [0.3, 0.4) is 0 Å². The molecular formula is C50H29N5. The van der Waals surface area contributed by atoms with E-state index in [4.69, 9.17) is 0 Å². The molecule has 0 N–H and O–H groups in total. The van der Waals surface area contributed by atoms with Gasteiger partial charge in [0, 0.05) is 49.4 Å². The maximum absolute atomic E-state index is 10.5. The largest absolute Gasteiger partial charge is 0.309 e. The van der Waals surface area contributed by atoms with Crippen LogP contribution in [0.4, 0.5) is 0 Å². The molecule has 5 nitrogen and oxygen atoms in total. The van der Waals surface area contributed by atoms with Crippen molar-refractivity contribution in [3.05, 3.63) is 187 Å². The summed E-state index contributed by atoms with van der Waals surface area (Å²) in [5, 5.41) is 27.8. The van der Waals surface area contributed by atoms with Crippen LogP contribution in [0.25, 0.3) is 93.6 Å². The van der Waals surface area contributed by atoms with Crippen LogP contribution in [0.5, 0.6) is 0 Å². The summed E-state index contributed by atoms with van der Waals surface area (Å²) in [6.45, 7) is 0. The molecule has 0 saturated heterocycles. The van der Waals surface area contributed by atoms with Crippen LogP contribution < -0.4 is 0 Å². The van der Waals surface area contributed by atoms with Gasteiger partial charge in [-0.25, -0.2) is 0 Å². The summed E-state index contributed by atoms with van der Waals surface area (Å²) < 4.78 is 6.86. The van der Waals surface area contributed by atoms with E-state index in [1.165, 1.54) is 16.2 Å². The predicted molar refractivity (Wildman–Crippen MR) is 224 cm³/mol. The van der Waals surface area contributed by atoms with E-state index in [1.807, 2.05) is 36.4 Å². The maximum atomic E-state index is 10.5. The summed E-state index contributed by atoms with van der Waals surface area (Å²) in [6.07, 6.45) is 0. The quantitative estimate of drug-likeness (QED) is 0.184. The lowest BCUT2D eigenvalue weighted by Crippen LogP contribution is -1.98. The summed E-state index contributed by atoms with van der Waals surface area (Å²) in [5.41, 5.74) is 12.3. The first kappa shape index (κ1) is 30.7. The predicted octanol–water partition coefficient (Wildman–Crippen LogP) is 12.4. The molecule has 8 aromatic carbocycles. The highest BCUT2D eigenvalue weighted by atomic mass is 15.0. The second kappa shape index (κ2) is 11.8. The zero-order valence-corrected chi connectivity index (χ0v) is 29.5. The lowest BCUT2D eigenvalue weighted by Gasteiger charge is -2.14. The van der Waals surface area contributed by atoms with Crippen LogP contribution in [0.1, 0.15) is 11.1 Å². The van der Waals surface area contributed by atoms with E-state index in [0.29, 0.717) is 11.1 Å². The highest BCUT2D eigenvalue weighted by molar-refractivity contribution is 6.29. The number of nitrogens with zero attached hydrogens (tertiary/aromatic N) is 5. The second-order valence-electron chi connectivity index (χ2n) is 14.0. The molecule has 0 radical (unpaired) electrons. The third-order valence-electron chi connectivity index (χ3n) is 11.0. The number of hydrogen-bond acceptors (Lipinski definition) is 2. The van der Waals surface area contributed by atoms with Gasteiger partial charge in [-0.1, -0.05) is 91.0 Å². The van der Waals surface area contributed by atoms with Gasteiger partial charge in [0.15, 0.2) is 0 Å². The van der Waals surface area contributed by atoms with Crippen molar-refractivity contribution >= 4 is 65.4 Å². The summed E-state index contributed by atoms with van der Waals surface area (Å²) in [7, 11) is 0. The third kappa shape index (κ3) is 4.51. The number of aromatic nitrogens is 3. The number of rotatable bonds is 4. The fourth-order valence-corrected chi connectivity index (χ4v) is 8.80. The normalized spacial score (nSPS) is 11.6. The van der Waals surface area contributed by atoms with Crippen molar-refractivity contribution < 1.29 is 0 Å². The van der Waals surface area contributed by atoms with E-state index in [0.717, 1.165) is 77.4 Å². The number of para-hydroxylation sites is 5. The van der Waals surface area contributed by atoms with Gasteiger partial charge in [0.25, 0.3) is 0 Å². The standard InChI is InChI=1S/C50H29N5/c51-30-32-24-34(28-37(26-32)54-43-18-8-4-14-39(43)40-15-5-9-19-44(40)54)35-25-33(31-52)27-38(29-35)55-46-21-11-7-17-42(46)50-48(55)23-22-47-49(50)41-16-6-10-20-45(41)53(47)36-12-2-1-3-13-36/h1-29H. The van der Waals surface area contributed by atoms with Gasteiger partial charge in [0.2, 0.25) is 0 Å². The van der Waals surface area contributed by atoms with Gasteiger partial charge < -0.3 is 13.7 Å². The molecule has 55 heavy (non-hydrogen) atoms. The van der Waals surface area contributed by atoms with Crippen molar-refractivity contribution in [2.45, 2.75) is 0 Å². The summed E-state index contributed by atoms with van der Waals surface area (Å²) in [6, 6.07) is 65.8. The van der Waals surface area contributed by atoms with Crippen molar-refractivity contribution in [2.24, 2.45) is 0 Å². The lowest BCUT2D eigenvalue weighted by atomic mass is 9.99. The minimum absolute atomic E-state index is 0.543. The maximum Gasteiger partial charge on any atom is 0.0992 e. The Morgan fingerprint density at radius 3 is 1.13 bits per heavy atom. The number of fused-ring (bicyclic) bond motifs is 10. The van der Waals surface area contributed by atoms with E-state index in [-0.39, 0.29) is 0 Å². The average Bonchev–Trinajstić information content (AvgIpc) is 3.89. The topological polar surface area (TPSA) is 62.4 Å². The van der Waals surface area contributed by atoms with Crippen molar-refractivity contribution in [1.82, 2.24) is 13.7 Å². The van der Waals surface area contributed by atoms with Crippen LogP contribution in [-0.2, 0) is 0 Å². The molecule has 0 fully saturated rings. The van der Waals surface area contributed by atoms with Crippen LogP contribution >= 0.6 is 0 Å². The Labute approximate surface area is 316 Å². The van der Waals surface area contributed by atoms with Crippen molar-refractivity contribution in [3.8, 4) is 40.3 Å². The molecule has 0 saturated carbocycles. The van der Waals surface area contributed by atoms with Crippen molar-refractivity contribution in [2.75, 3.05) is 0 Å². The van der Waals surface area contributed by atoms with E-state index < -0.39 is 0 Å². The molecule has 0 bridgehead atoms. The zero-order valence-electron chi connectivity index (χ0n) is 29.5. The monoisotopic (exact) mass is 699 g/mol. The fraction of sp³-hybridized carbons (Fsp3) is 0. The average molecular weight is 700 g/mol. The minimum atomic E-state index is 0.543. The summed E-state index contributed by atoms with van der Waals surface area (Å²) in [4.78, 5) is 0. The molecule has 11 rings (SSSR count).